The van der Waals surface area contributed by atoms with Gasteiger partial charge in [0.25, 0.3) is 0 Å². The number of carbonyl (C=O) groups is 3. The number of ketones is 2. The molecular weight excluding hydrogens is 301 g/mol. The minimum atomic E-state index is -1.61. The number of hydrogen-bond donors (Lipinski definition) is 1. The average Bonchev–Trinajstić information content (AvgIpc) is 2.77. The topological polar surface area (TPSA) is 76.4 Å². The lowest BCUT2D eigenvalue weighted by Crippen LogP contribution is -2.17. The summed E-state index contributed by atoms with van der Waals surface area (Å²) in [5, 5.41) is 8.59. The molecule has 0 amide bonds. The van der Waals surface area contributed by atoms with Gasteiger partial charge in [-0.25, -0.2) is 9.18 Å². The molecule has 5 nitrogen and oxygen atoms in total. The number of nitrogens with zero attached hydrogens (tertiary/aromatic N) is 1. The fourth-order valence-corrected chi connectivity index (χ4v) is 2.42. The van der Waals surface area contributed by atoms with Crippen molar-refractivity contribution in [3.63, 3.8) is 0 Å². The maximum Gasteiger partial charge on any atom is 0.372 e. The number of benzene rings is 1. The maximum atomic E-state index is 12.9. The number of aryl methyl sites for hydroxylation is 1. The molecule has 0 aliphatic heterocycles. The zero-order valence-electron chi connectivity index (χ0n) is 12.8. The second-order valence-corrected chi connectivity index (χ2v) is 5.33. The van der Waals surface area contributed by atoms with Gasteiger partial charge in [-0.15, -0.1) is 0 Å². The molecule has 0 unspecified atom stereocenters. The van der Waals surface area contributed by atoms with Gasteiger partial charge < -0.3 is 9.67 Å². The number of carboxylic acid groups (broad SMARTS) is 1. The van der Waals surface area contributed by atoms with E-state index in [0.717, 1.165) is 11.3 Å². The van der Waals surface area contributed by atoms with Crippen LogP contribution in [0.5, 0.6) is 0 Å². The first kappa shape index (κ1) is 16.6. The highest BCUT2D eigenvalue weighted by Gasteiger charge is 2.21. The van der Waals surface area contributed by atoms with Gasteiger partial charge in [-0.2, -0.15) is 0 Å². The lowest BCUT2D eigenvalue weighted by Gasteiger charge is -2.10. The number of aliphatic carboxylic acids is 1. The minimum Gasteiger partial charge on any atom is -0.475 e. The first-order chi connectivity index (χ1) is 10.8. The molecule has 6 heteroatoms. The summed E-state index contributed by atoms with van der Waals surface area (Å²) in [5.74, 6) is -3.58. The Kier molecular flexibility index (Phi) is 4.74. The summed E-state index contributed by atoms with van der Waals surface area (Å²) in [4.78, 5) is 33.8. The van der Waals surface area contributed by atoms with Gasteiger partial charge >= 0.3 is 5.97 Å². The molecule has 0 saturated carbocycles. The van der Waals surface area contributed by atoms with Gasteiger partial charge in [0.1, 0.15) is 5.82 Å². The summed E-state index contributed by atoms with van der Waals surface area (Å²) < 4.78 is 14.8. The van der Waals surface area contributed by atoms with E-state index in [1.54, 1.807) is 25.1 Å². The van der Waals surface area contributed by atoms with Crippen molar-refractivity contribution in [2.75, 3.05) is 0 Å². The van der Waals surface area contributed by atoms with E-state index in [-0.39, 0.29) is 5.82 Å². The highest BCUT2D eigenvalue weighted by molar-refractivity contribution is 6.37. The van der Waals surface area contributed by atoms with Crippen LogP contribution in [0.15, 0.2) is 30.3 Å². The van der Waals surface area contributed by atoms with Crippen LogP contribution in [-0.4, -0.2) is 27.2 Å². The Bertz CT molecular complexity index is 775. The predicted octanol–water partition coefficient (Wildman–Crippen LogP) is 2.52. The number of halogens is 1. The SMILES string of the molecule is Cc1cc(C(=O)CC(=O)C(=O)O)c(C)n1Cc1ccc(F)cc1. The van der Waals surface area contributed by atoms with Gasteiger partial charge in [0.15, 0.2) is 5.78 Å². The van der Waals surface area contributed by atoms with Gasteiger partial charge in [0.2, 0.25) is 5.78 Å². The van der Waals surface area contributed by atoms with Crippen molar-refractivity contribution in [3.8, 4) is 0 Å². The Morgan fingerprint density at radius 2 is 1.74 bits per heavy atom. The summed E-state index contributed by atoms with van der Waals surface area (Å²) in [6.45, 7) is 4.00. The number of carboxylic acids is 1. The third-order valence-corrected chi connectivity index (χ3v) is 3.69. The van der Waals surface area contributed by atoms with Crippen LogP contribution in [0, 0.1) is 19.7 Å². The van der Waals surface area contributed by atoms with E-state index in [4.69, 9.17) is 5.11 Å². The van der Waals surface area contributed by atoms with Crippen LogP contribution >= 0.6 is 0 Å². The van der Waals surface area contributed by atoms with E-state index < -0.39 is 24.0 Å². The summed E-state index contributed by atoms with van der Waals surface area (Å²) in [7, 11) is 0. The van der Waals surface area contributed by atoms with Crippen molar-refractivity contribution in [2.24, 2.45) is 0 Å². The Hall–Kier alpha value is -2.76. The summed E-state index contributed by atoms with van der Waals surface area (Å²) >= 11 is 0. The van der Waals surface area contributed by atoms with Crippen molar-refractivity contribution < 1.29 is 23.9 Å². The molecule has 0 aliphatic rings. The third kappa shape index (κ3) is 3.71. The van der Waals surface area contributed by atoms with Crippen LogP contribution in [0.3, 0.4) is 0 Å². The Morgan fingerprint density at radius 3 is 2.30 bits per heavy atom. The summed E-state index contributed by atoms with van der Waals surface area (Å²) in [6, 6.07) is 7.67. The molecule has 2 aromatic rings. The second kappa shape index (κ2) is 6.56. The molecule has 1 aromatic carbocycles. The molecular formula is C17H16FNO4. The molecule has 2 rings (SSSR count). The smallest absolute Gasteiger partial charge is 0.372 e. The van der Waals surface area contributed by atoms with Crippen LogP contribution in [0.2, 0.25) is 0 Å². The van der Waals surface area contributed by atoms with E-state index in [9.17, 15) is 18.8 Å². The molecule has 0 spiro atoms. The largest absolute Gasteiger partial charge is 0.475 e. The molecule has 0 bridgehead atoms. The zero-order valence-corrected chi connectivity index (χ0v) is 12.8. The molecule has 0 radical (unpaired) electrons. The normalized spacial score (nSPS) is 10.6. The lowest BCUT2D eigenvalue weighted by molar-refractivity contribution is -0.148. The van der Waals surface area contributed by atoms with E-state index in [0.29, 0.717) is 17.8 Å². The standard InChI is InChI=1S/C17H16FNO4/c1-10-7-14(15(20)8-16(21)17(22)23)11(2)19(10)9-12-3-5-13(18)6-4-12/h3-7H,8-9H2,1-2H3,(H,22,23). The molecule has 23 heavy (non-hydrogen) atoms. The zero-order chi connectivity index (χ0) is 17.1. The van der Waals surface area contributed by atoms with Crippen LogP contribution in [0.4, 0.5) is 4.39 Å². The summed E-state index contributed by atoms with van der Waals surface area (Å²) in [6.07, 6.45) is -0.657. The molecule has 120 valence electrons. The third-order valence-electron chi connectivity index (χ3n) is 3.69. The number of hydrogen-bond acceptors (Lipinski definition) is 3. The monoisotopic (exact) mass is 317 g/mol. The van der Waals surface area contributed by atoms with Gasteiger partial charge in [0.05, 0.1) is 6.42 Å². The quantitative estimate of drug-likeness (QED) is 0.504. The highest BCUT2D eigenvalue weighted by Crippen LogP contribution is 2.19. The molecule has 1 aromatic heterocycles. The van der Waals surface area contributed by atoms with Crippen LogP contribution in [-0.2, 0) is 16.1 Å². The van der Waals surface area contributed by atoms with E-state index in [1.165, 1.54) is 12.1 Å². The fraction of sp³-hybridized carbons (Fsp3) is 0.235. The predicted molar refractivity (Wildman–Crippen MR) is 81.0 cm³/mol. The Morgan fingerprint density at radius 1 is 1.13 bits per heavy atom. The van der Waals surface area contributed by atoms with E-state index in [1.807, 2.05) is 11.5 Å². The molecule has 1 heterocycles. The number of aromatic nitrogens is 1. The molecule has 0 aliphatic carbocycles. The molecule has 0 fully saturated rings. The van der Waals surface area contributed by atoms with Crippen molar-refractivity contribution in [3.05, 3.63) is 58.7 Å². The van der Waals surface area contributed by atoms with Gasteiger partial charge in [0, 0.05) is 23.5 Å². The number of rotatable bonds is 6. The minimum absolute atomic E-state index is 0.322. The second-order valence-electron chi connectivity index (χ2n) is 5.33. The van der Waals surface area contributed by atoms with E-state index >= 15 is 0 Å². The first-order valence-corrected chi connectivity index (χ1v) is 7.00. The summed E-state index contributed by atoms with van der Waals surface area (Å²) in [5.41, 5.74) is 2.65. The molecule has 1 N–H and O–H groups in total. The molecule has 0 atom stereocenters. The van der Waals surface area contributed by atoms with Gasteiger partial charge in [-0.1, -0.05) is 12.1 Å². The van der Waals surface area contributed by atoms with E-state index in [2.05, 4.69) is 0 Å². The van der Waals surface area contributed by atoms with Gasteiger partial charge in [-0.05, 0) is 37.6 Å². The highest BCUT2D eigenvalue weighted by atomic mass is 19.1. The fourth-order valence-electron chi connectivity index (χ4n) is 2.42. The number of carbonyl (C=O) groups excluding carboxylic acids is 2. The maximum absolute atomic E-state index is 12.9. The average molecular weight is 317 g/mol. The molecule has 0 saturated heterocycles. The van der Waals surface area contributed by atoms with Crippen LogP contribution in [0.25, 0.3) is 0 Å². The Balaban J connectivity index is 2.25. The first-order valence-electron chi connectivity index (χ1n) is 7.00. The van der Waals surface area contributed by atoms with Gasteiger partial charge in [-0.3, -0.25) is 9.59 Å². The number of Topliss-reactive ketones (excluding diaryl/α,β-unsaturated/α-hetero) is 2. The van der Waals surface area contributed by atoms with Crippen molar-refractivity contribution in [2.45, 2.75) is 26.8 Å². The van der Waals surface area contributed by atoms with Crippen LogP contribution in [0.1, 0.15) is 33.7 Å². The van der Waals surface area contributed by atoms with Crippen molar-refractivity contribution in [1.29, 1.82) is 0 Å². The van der Waals surface area contributed by atoms with Crippen molar-refractivity contribution >= 4 is 17.5 Å². The lowest BCUT2D eigenvalue weighted by atomic mass is 10.1. The van der Waals surface area contributed by atoms with Crippen LogP contribution < -0.4 is 0 Å². The Labute approximate surface area is 132 Å². The van der Waals surface area contributed by atoms with Crippen molar-refractivity contribution in [1.82, 2.24) is 4.57 Å².